The van der Waals surface area contributed by atoms with Crippen LogP contribution >= 0.6 is 36.2 Å². The van der Waals surface area contributed by atoms with Crippen LogP contribution in [0.3, 0.4) is 0 Å². The lowest BCUT2D eigenvalue weighted by Gasteiger charge is -2.33. The summed E-state index contributed by atoms with van der Waals surface area (Å²) in [5.41, 5.74) is 8.01. The minimum absolute atomic E-state index is 0. The molecule has 0 aliphatic rings. The van der Waals surface area contributed by atoms with Crippen molar-refractivity contribution in [2.24, 2.45) is 11.7 Å². The number of carbonyl (C=O) groups excluding carboxylic acids is 1. The van der Waals surface area contributed by atoms with Crippen molar-refractivity contribution in [2.45, 2.75) is 33.2 Å². The molecule has 0 saturated heterocycles. The second kappa shape index (κ2) is 9.37. The SMILES string of the molecule is Cc1csc(-c2cccc(C(=O)NC(C)(CN)C(C)C)c2)n1.Cl.Cl. The number of nitrogens with one attached hydrogen (secondary N) is 1. The molecule has 1 atom stereocenters. The van der Waals surface area contributed by atoms with Crippen molar-refractivity contribution in [1.29, 1.82) is 0 Å². The van der Waals surface area contributed by atoms with Crippen molar-refractivity contribution in [2.75, 3.05) is 6.54 Å². The van der Waals surface area contributed by atoms with E-state index in [4.69, 9.17) is 5.73 Å². The molecule has 7 heteroatoms. The van der Waals surface area contributed by atoms with Crippen molar-refractivity contribution >= 4 is 42.1 Å². The third-order valence-corrected chi connectivity index (χ3v) is 5.10. The van der Waals surface area contributed by atoms with Crippen LogP contribution in [0.15, 0.2) is 29.6 Å². The van der Waals surface area contributed by atoms with E-state index in [0.717, 1.165) is 16.3 Å². The highest BCUT2D eigenvalue weighted by atomic mass is 35.5. The number of benzene rings is 1. The molecule has 2 rings (SSSR count). The van der Waals surface area contributed by atoms with Gasteiger partial charge in [-0.1, -0.05) is 26.0 Å². The van der Waals surface area contributed by atoms with Gasteiger partial charge in [-0.2, -0.15) is 0 Å². The maximum atomic E-state index is 12.5. The molecule has 4 nitrogen and oxygen atoms in total. The van der Waals surface area contributed by atoms with Gasteiger partial charge in [-0.25, -0.2) is 4.98 Å². The molecule has 0 spiro atoms. The number of thiazole rings is 1. The number of aromatic nitrogens is 1. The normalized spacial score (nSPS) is 12.8. The summed E-state index contributed by atoms with van der Waals surface area (Å²) in [6, 6.07) is 7.55. The zero-order valence-electron chi connectivity index (χ0n) is 14.3. The molecule has 134 valence electrons. The number of amides is 1. The van der Waals surface area contributed by atoms with E-state index in [-0.39, 0.29) is 36.6 Å². The summed E-state index contributed by atoms with van der Waals surface area (Å²) in [5, 5.41) is 6.00. The molecule has 24 heavy (non-hydrogen) atoms. The predicted molar refractivity (Wildman–Crippen MR) is 107 cm³/mol. The number of halogens is 2. The summed E-state index contributed by atoms with van der Waals surface area (Å²) in [4.78, 5) is 17.0. The highest BCUT2D eigenvalue weighted by Crippen LogP contribution is 2.24. The molecule has 1 heterocycles. The third-order valence-electron chi connectivity index (χ3n) is 4.09. The Labute approximate surface area is 160 Å². The predicted octanol–water partition coefficient (Wildman–Crippen LogP) is 4.07. The van der Waals surface area contributed by atoms with Crippen molar-refractivity contribution in [1.82, 2.24) is 10.3 Å². The second-order valence-corrected chi connectivity index (χ2v) is 6.96. The van der Waals surface area contributed by atoms with Gasteiger partial charge in [0.2, 0.25) is 0 Å². The fraction of sp³-hybridized carbons (Fsp3) is 0.412. The van der Waals surface area contributed by atoms with Gasteiger partial charge in [0.05, 0.1) is 5.54 Å². The van der Waals surface area contributed by atoms with E-state index in [0.29, 0.717) is 12.1 Å². The first-order valence-corrected chi connectivity index (χ1v) is 8.29. The Hall–Kier alpha value is -1.14. The first-order valence-electron chi connectivity index (χ1n) is 7.41. The Kier molecular flexibility index (Phi) is 8.93. The molecule has 1 aromatic carbocycles. The van der Waals surface area contributed by atoms with Crippen LogP contribution in [0.2, 0.25) is 0 Å². The molecule has 0 aliphatic heterocycles. The minimum atomic E-state index is -0.412. The zero-order valence-corrected chi connectivity index (χ0v) is 16.8. The van der Waals surface area contributed by atoms with Gasteiger partial charge in [0.25, 0.3) is 5.91 Å². The van der Waals surface area contributed by atoms with Crippen molar-refractivity contribution in [3.05, 3.63) is 40.9 Å². The quantitative estimate of drug-likeness (QED) is 0.809. The molecule has 3 N–H and O–H groups in total. The van der Waals surface area contributed by atoms with Gasteiger partial charge < -0.3 is 11.1 Å². The van der Waals surface area contributed by atoms with Crippen molar-refractivity contribution in [3.8, 4) is 10.6 Å². The Morgan fingerprint density at radius 1 is 1.38 bits per heavy atom. The first kappa shape index (κ1) is 22.9. The fourth-order valence-corrected chi connectivity index (χ4v) is 2.84. The van der Waals surface area contributed by atoms with Crippen LogP contribution in [-0.2, 0) is 0 Å². The van der Waals surface area contributed by atoms with E-state index in [2.05, 4.69) is 24.1 Å². The standard InChI is InChI=1S/C17H23N3OS.2ClH/c1-11(2)17(4,10-18)20-15(21)13-6-5-7-14(8-13)16-19-12(3)9-22-16;;/h5-9,11H,10,18H2,1-4H3,(H,20,21);2*1H. The molecule has 0 radical (unpaired) electrons. The summed E-state index contributed by atoms with van der Waals surface area (Å²) in [6.45, 7) is 8.46. The molecule has 1 aromatic heterocycles. The van der Waals surface area contributed by atoms with Crippen LogP contribution in [0.25, 0.3) is 10.6 Å². The molecule has 0 fully saturated rings. The van der Waals surface area contributed by atoms with Gasteiger partial charge in [-0.3, -0.25) is 4.79 Å². The van der Waals surface area contributed by atoms with Gasteiger partial charge in [0, 0.05) is 28.7 Å². The number of rotatable bonds is 5. The Balaban J connectivity index is 0.00000264. The van der Waals surface area contributed by atoms with E-state index in [9.17, 15) is 4.79 Å². The molecular formula is C17H25Cl2N3OS. The lowest BCUT2D eigenvalue weighted by Crippen LogP contribution is -2.55. The van der Waals surface area contributed by atoms with Gasteiger partial charge in [0.1, 0.15) is 5.01 Å². The summed E-state index contributed by atoms with van der Waals surface area (Å²) in [7, 11) is 0. The summed E-state index contributed by atoms with van der Waals surface area (Å²) in [6.07, 6.45) is 0. The molecule has 1 unspecified atom stereocenters. The van der Waals surface area contributed by atoms with Crippen molar-refractivity contribution < 1.29 is 4.79 Å². The summed E-state index contributed by atoms with van der Waals surface area (Å²) >= 11 is 1.58. The molecule has 2 aromatic rings. The van der Waals surface area contributed by atoms with Gasteiger partial charge in [0.15, 0.2) is 0 Å². The number of hydrogen-bond acceptors (Lipinski definition) is 4. The van der Waals surface area contributed by atoms with Gasteiger partial charge in [-0.05, 0) is 31.9 Å². The lowest BCUT2D eigenvalue weighted by atomic mass is 9.88. The minimum Gasteiger partial charge on any atom is -0.345 e. The monoisotopic (exact) mass is 389 g/mol. The maximum Gasteiger partial charge on any atom is 0.251 e. The molecular weight excluding hydrogens is 365 g/mol. The Bertz CT molecular complexity index is 675. The molecule has 0 aliphatic carbocycles. The van der Waals surface area contributed by atoms with Gasteiger partial charge in [-0.15, -0.1) is 36.2 Å². The van der Waals surface area contributed by atoms with E-state index in [1.165, 1.54) is 0 Å². The van der Waals surface area contributed by atoms with Crippen LogP contribution in [0.5, 0.6) is 0 Å². The van der Waals surface area contributed by atoms with E-state index < -0.39 is 5.54 Å². The Morgan fingerprint density at radius 3 is 2.54 bits per heavy atom. The molecule has 0 bridgehead atoms. The molecule has 1 amide bonds. The maximum absolute atomic E-state index is 12.5. The highest BCUT2D eigenvalue weighted by Gasteiger charge is 2.28. The number of hydrogen-bond donors (Lipinski definition) is 2. The number of aryl methyl sites for hydroxylation is 1. The number of nitrogens with zero attached hydrogens (tertiary/aromatic N) is 1. The van der Waals surface area contributed by atoms with E-state index in [1.54, 1.807) is 11.3 Å². The van der Waals surface area contributed by atoms with Crippen LogP contribution in [-0.4, -0.2) is 23.0 Å². The van der Waals surface area contributed by atoms with E-state index >= 15 is 0 Å². The average molecular weight is 390 g/mol. The first-order chi connectivity index (χ1) is 10.4. The smallest absolute Gasteiger partial charge is 0.251 e. The van der Waals surface area contributed by atoms with Crippen LogP contribution < -0.4 is 11.1 Å². The largest absolute Gasteiger partial charge is 0.345 e. The highest BCUT2D eigenvalue weighted by molar-refractivity contribution is 7.13. The summed E-state index contributed by atoms with van der Waals surface area (Å²) in [5.74, 6) is 0.156. The average Bonchev–Trinajstić information content (AvgIpc) is 2.93. The Morgan fingerprint density at radius 2 is 2.04 bits per heavy atom. The van der Waals surface area contributed by atoms with Crippen LogP contribution in [0.4, 0.5) is 0 Å². The second-order valence-electron chi connectivity index (χ2n) is 6.11. The number of carbonyl (C=O) groups is 1. The van der Waals surface area contributed by atoms with Crippen LogP contribution in [0.1, 0.15) is 36.8 Å². The fourth-order valence-electron chi connectivity index (χ4n) is 2.04. The summed E-state index contributed by atoms with van der Waals surface area (Å²) < 4.78 is 0. The zero-order chi connectivity index (χ0) is 16.3. The van der Waals surface area contributed by atoms with Gasteiger partial charge >= 0.3 is 0 Å². The van der Waals surface area contributed by atoms with E-state index in [1.807, 2.05) is 43.5 Å². The van der Waals surface area contributed by atoms with Crippen LogP contribution in [0, 0.1) is 12.8 Å². The lowest BCUT2D eigenvalue weighted by molar-refractivity contribution is 0.0883. The van der Waals surface area contributed by atoms with Crippen molar-refractivity contribution in [3.63, 3.8) is 0 Å². The molecule has 0 saturated carbocycles. The third kappa shape index (κ3) is 5.18. The topological polar surface area (TPSA) is 68.0 Å². The number of nitrogens with two attached hydrogens (primary N) is 1.